The third-order valence-corrected chi connectivity index (χ3v) is 6.28. The minimum atomic E-state index is -0.859. The smallest absolute Gasteiger partial charge is 0.304 e. The number of benzene rings is 2. The van der Waals surface area contributed by atoms with Crippen molar-refractivity contribution in [3.63, 3.8) is 0 Å². The molecule has 4 nitrogen and oxygen atoms in total. The van der Waals surface area contributed by atoms with Gasteiger partial charge in [0.25, 0.3) is 0 Å². The lowest BCUT2D eigenvalue weighted by Gasteiger charge is -2.11. The maximum Gasteiger partial charge on any atom is 0.304 e. The van der Waals surface area contributed by atoms with Crippen LogP contribution in [0.1, 0.15) is 36.1 Å². The van der Waals surface area contributed by atoms with Gasteiger partial charge in [-0.25, -0.2) is 0 Å². The van der Waals surface area contributed by atoms with Crippen molar-refractivity contribution < 1.29 is 14.6 Å². The van der Waals surface area contributed by atoms with E-state index in [1.54, 1.807) is 18.3 Å². The zero-order valence-electron chi connectivity index (χ0n) is 18.0. The van der Waals surface area contributed by atoms with E-state index in [1.807, 2.05) is 43.5 Å². The number of rotatable bonds is 7. The van der Waals surface area contributed by atoms with Crippen LogP contribution in [0.25, 0.3) is 21.2 Å². The Labute approximate surface area is 191 Å². The number of thiophene rings is 1. The van der Waals surface area contributed by atoms with Crippen molar-refractivity contribution in [2.75, 3.05) is 0 Å². The monoisotopic (exact) mass is 441 g/mol. The maximum atomic E-state index is 11.1. The average Bonchev–Trinajstić information content (AvgIpc) is 3.21. The van der Waals surface area contributed by atoms with Crippen molar-refractivity contribution in [2.24, 2.45) is 0 Å². The van der Waals surface area contributed by atoms with Gasteiger partial charge in [0.05, 0.1) is 12.3 Å². The fourth-order valence-electron chi connectivity index (χ4n) is 3.71. The third-order valence-electron chi connectivity index (χ3n) is 5.32. The summed E-state index contributed by atoms with van der Waals surface area (Å²) in [6.07, 6.45) is 1.80. The predicted octanol–water partition coefficient (Wildman–Crippen LogP) is 6.43. The minimum absolute atomic E-state index is 0.0135. The summed E-state index contributed by atoms with van der Waals surface area (Å²) in [5.74, 6) is 5.35. The number of carboxylic acids is 1. The Kier molecular flexibility index (Phi) is 6.53. The molecular weight excluding hydrogens is 418 g/mol. The van der Waals surface area contributed by atoms with E-state index in [-0.39, 0.29) is 12.3 Å². The van der Waals surface area contributed by atoms with Crippen molar-refractivity contribution >= 4 is 27.4 Å². The highest BCUT2D eigenvalue weighted by Crippen LogP contribution is 2.35. The molecule has 4 rings (SSSR count). The lowest BCUT2D eigenvalue weighted by atomic mass is 9.96. The summed E-state index contributed by atoms with van der Waals surface area (Å²) >= 11 is 1.73. The molecule has 0 spiro atoms. The molecule has 0 saturated carbocycles. The Bertz CT molecular complexity index is 1310. The van der Waals surface area contributed by atoms with E-state index in [2.05, 4.69) is 46.5 Å². The van der Waals surface area contributed by atoms with Crippen LogP contribution in [0, 0.1) is 18.8 Å². The van der Waals surface area contributed by atoms with Gasteiger partial charge in [0.15, 0.2) is 0 Å². The predicted molar refractivity (Wildman–Crippen MR) is 129 cm³/mol. The summed E-state index contributed by atoms with van der Waals surface area (Å²) < 4.78 is 7.24. The van der Waals surface area contributed by atoms with Crippen LogP contribution in [-0.2, 0) is 11.4 Å². The quantitative estimate of drug-likeness (QED) is 0.336. The molecule has 1 atom stereocenters. The normalized spacial score (nSPS) is 11.6. The number of aryl methyl sites for hydroxylation is 1. The van der Waals surface area contributed by atoms with Gasteiger partial charge in [-0.3, -0.25) is 9.78 Å². The summed E-state index contributed by atoms with van der Waals surface area (Å²) in [5.41, 5.74) is 5.33. The summed E-state index contributed by atoms with van der Waals surface area (Å²) in [7, 11) is 0. The molecule has 2 heterocycles. The first-order chi connectivity index (χ1) is 15.5. The van der Waals surface area contributed by atoms with Crippen molar-refractivity contribution in [1.82, 2.24) is 4.98 Å². The average molecular weight is 442 g/mol. The number of hydrogen-bond acceptors (Lipinski definition) is 4. The number of ether oxygens (including phenoxy) is 1. The Balaban J connectivity index is 1.51. The van der Waals surface area contributed by atoms with Gasteiger partial charge < -0.3 is 9.84 Å². The van der Waals surface area contributed by atoms with Gasteiger partial charge in [-0.05, 0) is 60.7 Å². The molecule has 160 valence electrons. The Morgan fingerprint density at radius 2 is 1.97 bits per heavy atom. The fraction of sp³-hybridized carbons (Fsp3) is 0.185. The Hall–Kier alpha value is -3.62. The molecule has 0 unspecified atom stereocenters. The highest BCUT2D eigenvalue weighted by Gasteiger charge is 2.13. The standard InChI is InChI=1S/C27H23NO3S/c1-3-5-21(15-27(29)30)20-8-10-22(11-9-20)31-16-19-7-12-26-24(14-19)25(17-32-26)23-6-4-13-28-18(23)2/h4,6-14,17,21H,15-16H2,1-2H3,(H,29,30)/t21-/m0/s1. The van der Waals surface area contributed by atoms with E-state index in [4.69, 9.17) is 9.84 Å². The maximum absolute atomic E-state index is 11.1. The van der Waals surface area contributed by atoms with Gasteiger partial charge in [-0.2, -0.15) is 0 Å². The molecule has 5 heteroatoms. The van der Waals surface area contributed by atoms with Gasteiger partial charge in [-0.15, -0.1) is 17.3 Å². The second kappa shape index (κ2) is 9.67. The lowest BCUT2D eigenvalue weighted by molar-refractivity contribution is -0.137. The van der Waals surface area contributed by atoms with Crippen LogP contribution in [0.3, 0.4) is 0 Å². The second-order valence-corrected chi connectivity index (χ2v) is 8.43. The van der Waals surface area contributed by atoms with E-state index in [1.165, 1.54) is 15.6 Å². The molecule has 0 aliphatic rings. The molecule has 4 aromatic rings. The number of pyridine rings is 1. The molecule has 0 fully saturated rings. The van der Waals surface area contributed by atoms with Crippen molar-refractivity contribution in [1.29, 1.82) is 0 Å². The molecule has 0 saturated heterocycles. The molecule has 0 radical (unpaired) electrons. The first kappa shape index (κ1) is 21.6. The van der Waals surface area contributed by atoms with Gasteiger partial charge >= 0.3 is 5.97 Å². The number of aliphatic carboxylic acids is 1. The first-order valence-electron chi connectivity index (χ1n) is 10.3. The van der Waals surface area contributed by atoms with E-state index >= 15 is 0 Å². The molecule has 32 heavy (non-hydrogen) atoms. The molecule has 0 aliphatic carbocycles. The van der Waals surface area contributed by atoms with E-state index in [0.717, 1.165) is 28.1 Å². The van der Waals surface area contributed by atoms with Crippen LogP contribution < -0.4 is 4.74 Å². The van der Waals surface area contributed by atoms with E-state index in [9.17, 15) is 4.79 Å². The SMILES string of the molecule is CC#C[C@@H](CC(=O)O)c1ccc(OCc2ccc3scc(-c4cccnc4C)c3c2)cc1. The van der Waals surface area contributed by atoms with E-state index in [0.29, 0.717) is 6.61 Å². The summed E-state index contributed by atoms with van der Waals surface area (Å²) in [5, 5.41) is 12.5. The van der Waals surface area contributed by atoms with Crippen LogP contribution in [0.15, 0.2) is 66.2 Å². The van der Waals surface area contributed by atoms with Crippen LogP contribution in [-0.4, -0.2) is 16.1 Å². The van der Waals surface area contributed by atoms with Gasteiger partial charge in [0.2, 0.25) is 0 Å². The van der Waals surface area contributed by atoms with Crippen LogP contribution in [0.2, 0.25) is 0 Å². The number of fused-ring (bicyclic) bond motifs is 1. The van der Waals surface area contributed by atoms with Gasteiger partial charge in [0, 0.05) is 33.1 Å². The molecular formula is C27H23NO3S. The number of carbonyl (C=O) groups is 1. The highest BCUT2D eigenvalue weighted by atomic mass is 32.1. The third kappa shape index (κ3) is 4.82. The van der Waals surface area contributed by atoms with Crippen LogP contribution in [0.4, 0.5) is 0 Å². The number of carboxylic acid groups (broad SMARTS) is 1. The summed E-state index contributed by atoms with van der Waals surface area (Å²) in [4.78, 5) is 15.5. The van der Waals surface area contributed by atoms with Crippen molar-refractivity contribution in [3.8, 4) is 28.7 Å². The number of nitrogens with zero attached hydrogens (tertiary/aromatic N) is 1. The van der Waals surface area contributed by atoms with Crippen molar-refractivity contribution in [2.45, 2.75) is 32.8 Å². The topological polar surface area (TPSA) is 59.4 Å². The van der Waals surface area contributed by atoms with Gasteiger partial charge in [-0.1, -0.05) is 30.2 Å². The van der Waals surface area contributed by atoms with Crippen LogP contribution >= 0.6 is 11.3 Å². The largest absolute Gasteiger partial charge is 0.489 e. The molecule has 2 aromatic carbocycles. The molecule has 0 aliphatic heterocycles. The Morgan fingerprint density at radius 1 is 1.16 bits per heavy atom. The number of aromatic nitrogens is 1. The van der Waals surface area contributed by atoms with Crippen LogP contribution in [0.5, 0.6) is 5.75 Å². The minimum Gasteiger partial charge on any atom is -0.489 e. The molecule has 0 bridgehead atoms. The van der Waals surface area contributed by atoms with Crippen molar-refractivity contribution in [3.05, 3.63) is 83.0 Å². The fourth-order valence-corrected chi connectivity index (χ4v) is 4.65. The number of hydrogen-bond donors (Lipinski definition) is 1. The molecule has 0 amide bonds. The second-order valence-electron chi connectivity index (χ2n) is 7.52. The zero-order valence-corrected chi connectivity index (χ0v) is 18.8. The summed E-state index contributed by atoms with van der Waals surface area (Å²) in [6.45, 7) is 4.20. The zero-order chi connectivity index (χ0) is 22.5. The first-order valence-corrected chi connectivity index (χ1v) is 11.2. The Morgan fingerprint density at radius 3 is 2.69 bits per heavy atom. The lowest BCUT2D eigenvalue weighted by Crippen LogP contribution is -2.04. The van der Waals surface area contributed by atoms with E-state index < -0.39 is 5.97 Å². The molecule has 1 N–H and O–H groups in total. The summed E-state index contributed by atoms with van der Waals surface area (Å²) in [6, 6.07) is 18.0. The molecule has 2 aromatic heterocycles. The highest BCUT2D eigenvalue weighted by molar-refractivity contribution is 7.17. The van der Waals surface area contributed by atoms with Gasteiger partial charge in [0.1, 0.15) is 12.4 Å².